The van der Waals surface area contributed by atoms with Crippen LogP contribution in [0.4, 0.5) is 0 Å². The van der Waals surface area contributed by atoms with Crippen LogP contribution in [0.3, 0.4) is 0 Å². The average molecular weight is 955 g/mol. The van der Waals surface area contributed by atoms with Crippen LogP contribution in [0.1, 0.15) is 309 Å². The maximum atomic E-state index is 12.5. The molecule has 0 heterocycles. The number of allylic oxidation sites excluding steroid dienone is 7. The van der Waals surface area contributed by atoms with Crippen LogP contribution in [0, 0.1) is 0 Å². The molecule has 2 atom stereocenters. The molecule has 0 aromatic carbocycles. The Balaban J connectivity index is 3.54. The van der Waals surface area contributed by atoms with Gasteiger partial charge in [0, 0.05) is 12.8 Å². The van der Waals surface area contributed by atoms with Crippen molar-refractivity contribution in [3.8, 4) is 0 Å². The summed E-state index contributed by atoms with van der Waals surface area (Å²) in [6, 6.07) is -0.642. The number of esters is 1. The van der Waals surface area contributed by atoms with Crippen LogP contribution in [0.25, 0.3) is 0 Å². The highest BCUT2D eigenvalue weighted by molar-refractivity contribution is 5.76. The normalized spacial score (nSPS) is 12.9. The lowest BCUT2D eigenvalue weighted by Crippen LogP contribution is -2.45. The van der Waals surface area contributed by atoms with E-state index in [1.807, 2.05) is 6.08 Å². The van der Waals surface area contributed by atoms with Crippen molar-refractivity contribution in [1.82, 2.24) is 5.32 Å². The lowest BCUT2D eigenvalue weighted by atomic mass is 10.0. The largest absolute Gasteiger partial charge is 0.466 e. The standard InChI is InChI=1S/C62H115NO5/c1-3-5-7-9-11-13-15-17-19-20-21-22-24-27-30-34-38-42-46-50-54-60(65)59(58-64)63-61(66)55-51-47-43-39-35-31-28-25-23-26-29-33-37-41-45-49-53-57-68-62(67)56-52-48-44-40-36-32-18-16-14-12-10-8-6-4-2/h16,18,23,26,33,37,50,54,59-60,64-65H,3-15,17,19-22,24-25,27-32,34-36,38-49,51-53,55-58H2,1-2H3,(H,63,66)/b18-16-,26-23-,37-33-,54-50+. The van der Waals surface area contributed by atoms with Gasteiger partial charge in [-0.05, 0) is 96.3 Å². The highest BCUT2D eigenvalue weighted by atomic mass is 16.5. The Labute approximate surface area is 423 Å². The van der Waals surface area contributed by atoms with E-state index in [1.54, 1.807) is 6.08 Å². The summed E-state index contributed by atoms with van der Waals surface area (Å²) in [7, 11) is 0. The van der Waals surface area contributed by atoms with Crippen LogP contribution >= 0.6 is 0 Å². The number of nitrogens with one attached hydrogen (secondary N) is 1. The number of amides is 1. The van der Waals surface area contributed by atoms with Gasteiger partial charge in [-0.1, -0.05) is 249 Å². The summed E-state index contributed by atoms with van der Waals surface area (Å²) in [5, 5.41) is 23.2. The fraction of sp³-hybridized carbons (Fsp3) is 0.839. The van der Waals surface area contributed by atoms with E-state index in [4.69, 9.17) is 4.74 Å². The van der Waals surface area contributed by atoms with Crippen molar-refractivity contribution in [3.05, 3.63) is 48.6 Å². The molecule has 0 saturated carbocycles. The Morgan fingerprint density at radius 2 is 0.735 bits per heavy atom. The molecular weight excluding hydrogens is 839 g/mol. The van der Waals surface area contributed by atoms with Gasteiger partial charge in [-0.3, -0.25) is 9.59 Å². The molecule has 1 amide bonds. The molecule has 0 aromatic rings. The minimum absolute atomic E-state index is 0.0252. The van der Waals surface area contributed by atoms with Crippen LogP contribution in [0.15, 0.2) is 48.6 Å². The van der Waals surface area contributed by atoms with Gasteiger partial charge in [0.2, 0.25) is 5.91 Å². The third kappa shape index (κ3) is 53.2. The first-order valence-corrected chi connectivity index (χ1v) is 29.9. The molecule has 68 heavy (non-hydrogen) atoms. The minimum Gasteiger partial charge on any atom is -0.466 e. The predicted octanol–water partition coefficient (Wildman–Crippen LogP) is 18.6. The first kappa shape index (κ1) is 65.8. The molecule has 398 valence electrons. The molecule has 0 aliphatic rings. The van der Waals surface area contributed by atoms with Crippen molar-refractivity contribution >= 4 is 11.9 Å². The van der Waals surface area contributed by atoms with Gasteiger partial charge in [0.15, 0.2) is 0 Å². The number of hydrogen-bond acceptors (Lipinski definition) is 5. The van der Waals surface area contributed by atoms with Crippen molar-refractivity contribution in [1.29, 1.82) is 0 Å². The number of ether oxygens (including phenoxy) is 1. The zero-order valence-corrected chi connectivity index (χ0v) is 45.3. The monoisotopic (exact) mass is 954 g/mol. The second kappa shape index (κ2) is 57.4. The van der Waals surface area contributed by atoms with Gasteiger partial charge in [-0.15, -0.1) is 0 Å². The van der Waals surface area contributed by atoms with Crippen LogP contribution in [-0.2, 0) is 14.3 Å². The molecule has 0 bridgehead atoms. The van der Waals surface area contributed by atoms with Crippen LogP contribution in [-0.4, -0.2) is 47.4 Å². The molecule has 6 nitrogen and oxygen atoms in total. The van der Waals surface area contributed by atoms with E-state index in [0.29, 0.717) is 19.4 Å². The first-order valence-electron chi connectivity index (χ1n) is 29.9. The summed E-state index contributed by atoms with van der Waals surface area (Å²) < 4.78 is 5.44. The van der Waals surface area contributed by atoms with E-state index < -0.39 is 12.1 Å². The molecular formula is C62H115NO5. The Morgan fingerprint density at radius 1 is 0.412 bits per heavy atom. The molecule has 0 spiro atoms. The highest BCUT2D eigenvalue weighted by Gasteiger charge is 2.18. The van der Waals surface area contributed by atoms with Crippen molar-refractivity contribution < 1.29 is 24.5 Å². The van der Waals surface area contributed by atoms with E-state index in [0.717, 1.165) is 83.5 Å². The van der Waals surface area contributed by atoms with Crippen molar-refractivity contribution in [3.63, 3.8) is 0 Å². The number of aliphatic hydroxyl groups excluding tert-OH is 2. The summed E-state index contributed by atoms with van der Waals surface area (Å²) in [6.07, 6.45) is 72.8. The lowest BCUT2D eigenvalue weighted by Gasteiger charge is -2.20. The van der Waals surface area contributed by atoms with Crippen LogP contribution < -0.4 is 5.32 Å². The topological polar surface area (TPSA) is 95.9 Å². The third-order valence-corrected chi connectivity index (χ3v) is 13.6. The van der Waals surface area contributed by atoms with E-state index in [-0.39, 0.29) is 18.5 Å². The Morgan fingerprint density at radius 3 is 1.13 bits per heavy atom. The first-order chi connectivity index (χ1) is 33.5. The number of rotatable bonds is 55. The Bertz CT molecular complexity index is 1150. The molecule has 0 aromatic heterocycles. The van der Waals surface area contributed by atoms with Gasteiger partial charge < -0.3 is 20.3 Å². The predicted molar refractivity (Wildman–Crippen MR) is 296 cm³/mol. The summed E-state index contributed by atoms with van der Waals surface area (Å²) in [4.78, 5) is 24.5. The number of unbranched alkanes of at least 4 members (excludes halogenated alkanes) is 38. The molecule has 0 aliphatic heterocycles. The second-order valence-electron chi connectivity index (χ2n) is 20.3. The van der Waals surface area contributed by atoms with Gasteiger partial charge in [0.1, 0.15) is 0 Å². The fourth-order valence-corrected chi connectivity index (χ4v) is 8.95. The Kier molecular flexibility index (Phi) is 55.6. The van der Waals surface area contributed by atoms with Gasteiger partial charge in [-0.25, -0.2) is 0 Å². The molecule has 0 radical (unpaired) electrons. The van der Waals surface area contributed by atoms with Crippen molar-refractivity contribution in [2.75, 3.05) is 13.2 Å². The number of carbonyl (C=O) groups excluding carboxylic acids is 2. The SMILES string of the molecule is CCCCCCC/C=C\CCCCCCCC(=O)OCCCCC/C=C\C/C=C\CCCCCCCCCC(=O)NC(CO)C(O)/C=C/CCCCCCCCCCCCCCCCCCCC. The number of aliphatic hydroxyl groups is 2. The summed E-state index contributed by atoms with van der Waals surface area (Å²) in [6.45, 7) is 4.85. The third-order valence-electron chi connectivity index (χ3n) is 13.6. The molecule has 3 N–H and O–H groups in total. The van der Waals surface area contributed by atoms with E-state index in [1.165, 1.54) is 199 Å². The zero-order chi connectivity index (χ0) is 49.3. The van der Waals surface area contributed by atoms with Gasteiger partial charge in [0.05, 0.1) is 25.4 Å². The maximum Gasteiger partial charge on any atom is 0.305 e. The molecule has 0 rings (SSSR count). The number of carbonyl (C=O) groups is 2. The quantitative estimate of drug-likeness (QED) is 0.0321. The smallest absolute Gasteiger partial charge is 0.305 e. The van der Waals surface area contributed by atoms with E-state index >= 15 is 0 Å². The molecule has 6 heteroatoms. The molecule has 2 unspecified atom stereocenters. The molecule has 0 fully saturated rings. The summed E-state index contributed by atoms with van der Waals surface area (Å²) in [5.74, 6) is -0.108. The Hall–Kier alpha value is -2.18. The highest BCUT2D eigenvalue weighted by Crippen LogP contribution is 2.16. The fourth-order valence-electron chi connectivity index (χ4n) is 8.95. The van der Waals surface area contributed by atoms with Gasteiger partial charge in [0.25, 0.3) is 0 Å². The summed E-state index contributed by atoms with van der Waals surface area (Å²) in [5.41, 5.74) is 0. The second-order valence-corrected chi connectivity index (χ2v) is 20.3. The van der Waals surface area contributed by atoms with Crippen molar-refractivity contribution in [2.24, 2.45) is 0 Å². The molecule has 0 saturated heterocycles. The number of hydrogen-bond donors (Lipinski definition) is 3. The van der Waals surface area contributed by atoms with Crippen LogP contribution in [0.2, 0.25) is 0 Å². The van der Waals surface area contributed by atoms with Crippen LogP contribution in [0.5, 0.6) is 0 Å². The maximum absolute atomic E-state index is 12.5. The summed E-state index contributed by atoms with van der Waals surface area (Å²) >= 11 is 0. The van der Waals surface area contributed by atoms with E-state index in [2.05, 4.69) is 55.6 Å². The minimum atomic E-state index is -0.857. The van der Waals surface area contributed by atoms with E-state index in [9.17, 15) is 19.8 Å². The van der Waals surface area contributed by atoms with Gasteiger partial charge in [-0.2, -0.15) is 0 Å². The molecule has 0 aliphatic carbocycles. The zero-order valence-electron chi connectivity index (χ0n) is 45.3. The van der Waals surface area contributed by atoms with Crippen molar-refractivity contribution in [2.45, 2.75) is 321 Å². The van der Waals surface area contributed by atoms with Gasteiger partial charge >= 0.3 is 5.97 Å². The lowest BCUT2D eigenvalue weighted by molar-refractivity contribution is -0.143. The average Bonchev–Trinajstić information content (AvgIpc) is 3.34.